The zero-order valence-corrected chi connectivity index (χ0v) is 10.2. The number of ether oxygens (including phenoxy) is 1. The summed E-state index contributed by atoms with van der Waals surface area (Å²) in [6.45, 7) is 1.99. The van der Waals surface area contributed by atoms with Crippen LogP contribution < -0.4 is 10.5 Å². The van der Waals surface area contributed by atoms with Gasteiger partial charge in [0.15, 0.2) is 0 Å². The van der Waals surface area contributed by atoms with Crippen molar-refractivity contribution in [2.75, 3.05) is 7.11 Å². The fourth-order valence-electron chi connectivity index (χ4n) is 1.87. The maximum Gasteiger partial charge on any atom is 0.126 e. The molecule has 2 nitrogen and oxygen atoms in total. The molecule has 0 heterocycles. The predicted octanol–water partition coefficient (Wildman–Crippen LogP) is 3.38. The third-order valence-electron chi connectivity index (χ3n) is 2.83. The van der Waals surface area contributed by atoms with Gasteiger partial charge in [-0.2, -0.15) is 0 Å². The number of hydrogen-bond donors (Lipinski definition) is 1. The molecule has 0 amide bonds. The number of para-hydroxylation sites is 1. The molecule has 0 aliphatic heterocycles. The minimum atomic E-state index is 0.0460. The Balaban J connectivity index is 2.49. The van der Waals surface area contributed by atoms with Crippen LogP contribution in [0, 0.1) is 0 Å². The Morgan fingerprint density at radius 1 is 1.06 bits per heavy atom. The van der Waals surface area contributed by atoms with E-state index >= 15 is 0 Å². The molecule has 0 saturated carbocycles. The fraction of sp³-hybridized carbons (Fsp3) is 0.200. The Bertz CT molecular complexity index is 506. The van der Waals surface area contributed by atoms with Gasteiger partial charge in [-0.1, -0.05) is 36.4 Å². The van der Waals surface area contributed by atoms with Gasteiger partial charge in [0.1, 0.15) is 5.75 Å². The molecular formula is C15H17NO. The van der Waals surface area contributed by atoms with Gasteiger partial charge in [0.25, 0.3) is 0 Å². The maximum atomic E-state index is 5.90. The van der Waals surface area contributed by atoms with Crippen LogP contribution in [0.5, 0.6) is 5.75 Å². The van der Waals surface area contributed by atoms with Crippen molar-refractivity contribution < 1.29 is 4.74 Å². The molecule has 1 unspecified atom stereocenters. The van der Waals surface area contributed by atoms with E-state index in [1.165, 1.54) is 0 Å². The summed E-state index contributed by atoms with van der Waals surface area (Å²) in [6.07, 6.45) is 0. The Hall–Kier alpha value is -1.80. The highest BCUT2D eigenvalue weighted by Crippen LogP contribution is 2.30. The summed E-state index contributed by atoms with van der Waals surface area (Å²) in [5, 5.41) is 0. The normalized spacial score (nSPS) is 12.2. The number of benzene rings is 2. The molecule has 0 aliphatic carbocycles. The molecule has 2 heteroatoms. The first-order chi connectivity index (χ1) is 8.22. The SMILES string of the molecule is COc1ccccc1-c1cccc(C(C)N)c1. The van der Waals surface area contributed by atoms with E-state index in [2.05, 4.69) is 18.2 Å². The predicted molar refractivity (Wildman–Crippen MR) is 71.0 cm³/mol. The second-order valence-corrected chi connectivity index (χ2v) is 4.11. The van der Waals surface area contributed by atoms with E-state index in [1.54, 1.807) is 7.11 Å². The minimum Gasteiger partial charge on any atom is -0.496 e. The number of rotatable bonds is 3. The first kappa shape index (κ1) is 11.7. The molecule has 2 N–H and O–H groups in total. The maximum absolute atomic E-state index is 5.90. The van der Waals surface area contributed by atoms with Gasteiger partial charge in [-0.15, -0.1) is 0 Å². The highest BCUT2D eigenvalue weighted by Gasteiger charge is 2.06. The Morgan fingerprint density at radius 2 is 1.82 bits per heavy atom. The summed E-state index contributed by atoms with van der Waals surface area (Å²) in [6, 6.07) is 16.3. The van der Waals surface area contributed by atoms with E-state index in [0.717, 1.165) is 22.4 Å². The van der Waals surface area contributed by atoms with Crippen LogP contribution in [0.2, 0.25) is 0 Å². The van der Waals surface area contributed by atoms with E-state index in [0.29, 0.717) is 0 Å². The summed E-state index contributed by atoms with van der Waals surface area (Å²) in [7, 11) is 1.69. The van der Waals surface area contributed by atoms with Crippen molar-refractivity contribution in [2.24, 2.45) is 5.73 Å². The zero-order valence-electron chi connectivity index (χ0n) is 10.2. The first-order valence-corrected chi connectivity index (χ1v) is 5.71. The van der Waals surface area contributed by atoms with Crippen molar-refractivity contribution >= 4 is 0 Å². The molecule has 88 valence electrons. The molecule has 2 aromatic carbocycles. The van der Waals surface area contributed by atoms with Crippen molar-refractivity contribution in [3.05, 3.63) is 54.1 Å². The summed E-state index contributed by atoms with van der Waals surface area (Å²) in [4.78, 5) is 0. The van der Waals surface area contributed by atoms with Gasteiger partial charge in [-0.25, -0.2) is 0 Å². The van der Waals surface area contributed by atoms with Crippen LogP contribution >= 0.6 is 0 Å². The third-order valence-corrected chi connectivity index (χ3v) is 2.83. The lowest BCUT2D eigenvalue weighted by Crippen LogP contribution is -2.04. The van der Waals surface area contributed by atoms with Crippen molar-refractivity contribution in [2.45, 2.75) is 13.0 Å². The highest BCUT2D eigenvalue weighted by molar-refractivity contribution is 5.70. The average molecular weight is 227 g/mol. The molecule has 0 aromatic heterocycles. The monoisotopic (exact) mass is 227 g/mol. The lowest BCUT2D eigenvalue weighted by Gasteiger charge is -2.11. The van der Waals surface area contributed by atoms with Crippen molar-refractivity contribution in [3.63, 3.8) is 0 Å². The quantitative estimate of drug-likeness (QED) is 0.872. The van der Waals surface area contributed by atoms with Gasteiger partial charge in [0, 0.05) is 11.6 Å². The Labute approximate surface area is 102 Å². The summed E-state index contributed by atoms with van der Waals surface area (Å²) < 4.78 is 5.37. The van der Waals surface area contributed by atoms with Crippen LogP contribution in [-0.4, -0.2) is 7.11 Å². The van der Waals surface area contributed by atoms with Crippen LogP contribution in [0.3, 0.4) is 0 Å². The molecule has 0 radical (unpaired) electrons. The van der Waals surface area contributed by atoms with Gasteiger partial charge in [0.2, 0.25) is 0 Å². The van der Waals surface area contributed by atoms with E-state index < -0.39 is 0 Å². The number of nitrogens with two attached hydrogens (primary N) is 1. The molecule has 0 spiro atoms. The molecule has 0 bridgehead atoms. The van der Waals surface area contributed by atoms with E-state index in [-0.39, 0.29) is 6.04 Å². The van der Waals surface area contributed by atoms with Crippen LogP contribution in [0.1, 0.15) is 18.5 Å². The molecule has 0 saturated heterocycles. The number of methoxy groups -OCH3 is 1. The van der Waals surface area contributed by atoms with Gasteiger partial charge in [0.05, 0.1) is 7.11 Å². The molecule has 0 aliphatic rings. The average Bonchev–Trinajstić information content (AvgIpc) is 2.39. The smallest absolute Gasteiger partial charge is 0.126 e. The van der Waals surface area contributed by atoms with Crippen molar-refractivity contribution in [3.8, 4) is 16.9 Å². The second kappa shape index (κ2) is 5.02. The highest BCUT2D eigenvalue weighted by atomic mass is 16.5. The van der Waals surface area contributed by atoms with E-state index in [1.807, 2.05) is 37.3 Å². The molecule has 2 rings (SSSR count). The second-order valence-electron chi connectivity index (χ2n) is 4.11. The van der Waals surface area contributed by atoms with Crippen molar-refractivity contribution in [1.29, 1.82) is 0 Å². The first-order valence-electron chi connectivity index (χ1n) is 5.71. The van der Waals surface area contributed by atoms with Gasteiger partial charge in [-0.3, -0.25) is 0 Å². The molecule has 1 atom stereocenters. The van der Waals surface area contributed by atoms with Crippen LogP contribution in [0.4, 0.5) is 0 Å². The zero-order chi connectivity index (χ0) is 12.3. The Kier molecular flexibility index (Phi) is 3.45. The van der Waals surface area contributed by atoms with Gasteiger partial charge in [-0.05, 0) is 30.2 Å². The van der Waals surface area contributed by atoms with Crippen LogP contribution in [0.15, 0.2) is 48.5 Å². The van der Waals surface area contributed by atoms with Crippen LogP contribution in [0.25, 0.3) is 11.1 Å². The standard InChI is InChI=1S/C15H17NO/c1-11(16)12-6-5-7-13(10-12)14-8-3-4-9-15(14)17-2/h3-11H,16H2,1-2H3. The molecular weight excluding hydrogens is 210 g/mol. The summed E-state index contributed by atoms with van der Waals surface area (Å²) in [5.41, 5.74) is 9.26. The largest absolute Gasteiger partial charge is 0.496 e. The lowest BCUT2D eigenvalue weighted by molar-refractivity contribution is 0.416. The van der Waals surface area contributed by atoms with Gasteiger partial charge >= 0.3 is 0 Å². The van der Waals surface area contributed by atoms with E-state index in [4.69, 9.17) is 10.5 Å². The molecule has 2 aromatic rings. The Morgan fingerprint density at radius 3 is 2.53 bits per heavy atom. The fourth-order valence-corrected chi connectivity index (χ4v) is 1.87. The van der Waals surface area contributed by atoms with Gasteiger partial charge < -0.3 is 10.5 Å². The lowest BCUT2D eigenvalue weighted by atomic mass is 10.00. The summed E-state index contributed by atoms with van der Waals surface area (Å²) in [5.74, 6) is 0.884. The molecule has 0 fully saturated rings. The molecule has 17 heavy (non-hydrogen) atoms. The minimum absolute atomic E-state index is 0.0460. The number of hydrogen-bond acceptors (Lipinski definition) is 2. The van der Waals surface area contributed by atoms with Crippen molar-refractivity contribution in [1.82, 2.24) is 0 Å². The summed E-state index contributed by atoms with van der Waals surface area (Å²) >= 11 is 0. The topological polar surface area (TPSA) is 35.2 Å². The van der Waals surface area contributed by atoms with Crippen LogP contribution in [-0.2, 0) is 0 Å². The third kappa shape index (κ3) is 2.48. The van der Waals surface area contributed by atoms with E-state index in [9.17, 15) is 0 Å².